The third kappa shape index (κ3) is 6.06. The number of amides is 2. The van der Waals surface area contributed by atoms with Crippen LogP contribution < -0.4 is 9.62 Å². The first kappa shape index (κ1) is 27.2. The normalized spacial score (nSPS) is 12.0. The van der Waals surface area contributed by atoms with Gasteiger partial charge in [0.1, 0.15) is 12.6 Å². The first-order valence-electron chi connectivity index (χ1n) is 11.5. The summed E-state index contributed by atoms with van der Waals surface area (Å²) in [5.74, 6) is -0.896. The van der Waals surface area contributed by atoms with Crippen LogP contribution >= 0.6 is 11.6 Å². The molecule has 3 aromatic carbocycles. The van der Waals surface area contributed by atoms with Crippen molar-refractivity contribution in [3.63, 3.8) is 0 Å². The molecule has 0 unspecified atom stereocenters. The van der Waals surface area contributed by atoms with Crippen molar-refractivity contribution >= 4 is 39.1 Å². The number of halogens is 1. The number of rotatable bonds is 9. The summed E-state index contributed by atoms with van der Waals surface area (Å²) in [6.07, 6.45) is 0. The Morgan fingerprint density at radius 2 is 1.56 bits per heavy atom. The van der Waals surface area contributed by atoms with Crippen LogP contribution in [0, 0.1) is 13.8 Å². The minimum Gasteiger partial charge on any atom is -0.357 e. The van der Waals surface area contributed by atoms with Gasteiger partial charge in [-0.25, -0.2) is 8.42 Å². The lowest BCUT2D eigenvalue weighted by molar-refractivity contribution is -0.139. The van der Waals surface area contributed by atoms with E-state index in [0.29, 0.717) is 0 Å². The SMILES string of the molecule is CNC(=O)[C@H](C)N(Cc1ccccc1C)C(=O)CN(c1ccccc1Cl)S(=O)(=O)c1ccc(C)cc1. The van der Waals surface area contributed by atoms with Gasteiger partial charge in [-0.3, -0.25) is 13.9 Å². The Balaban J connectivity index is 2.06. The van der Waals surface area contributed by atoms with Gasteiger partial charge in [-0.15, -0.1) is 0 Å². The van der Waals surface area contributed by atoms with Crippen LogP contribution in [0.3, 0.4) is 0 Å². The second kappa shape index (κ2) is 11.6. The number of aryl methyl sites for hydroxylation is 2. The third-order valence-electron chi connectivity index (χ3n) is 6.02. The molecule has 1 atom stereocenters. The fourth-order valence-electron chi connectivity index (χ4n) is 3.77. The highest BCUT2D eigenvalue weighted by molar-refractivity contribution is 7.92. The Kier molecular flexibility index (Phi) is 8.76. The summed E-state index contributed by atoms with van der Waals surface area (Å²) in [6.45, 7) is 4.99. The predicted molar refractivity (Wildman–Crippen MR) is 142 cm³/mol. The molecule has 7 nitrogen and oxygen atoms in total. The molecule has 0 saturated carbocycles. The van der Waals surface area contributed by atoms with Gasteiger partial charge in [-0.1, -0.05) is 65.7 Å². The minimum atomic E-state index is -4.15. The van der Waals surface area contributed by atoms with Crippen LogP contribution in [0.1, 0.15) is 23.6 Å². The van der Waals surface area contributed by atoms with E-state index in [9.17, 15) is 18.0 Å². The smallest absolute Gasteiger partial charge is 0.264 e. The van der Waals surface area contributed by atoms with E-state index < -0.39 is 28.5 Å². The summed E-state index contributed by atoms with van der Waals surface area (Å²) in [5, 5.41) is 2.76. The Hall–Kier alpha value is -3.36. The summed E-state index contributed by atoms with van der Waals surface area (Å²) in [7, 11) is -2.66. The molecular weight excluding hydrogens is 498 g/mol. The molecule has 0 heterocycles. The molecule has 0 bridgehead atoms. The summed E-state index contributed by atoms with van der Waals surface area (Å²) in [5.41, 5.74) is 2.89. The molecule has 3 aromatic rings. The van der Waals surface area contributed by atoms with E-state index in [1.807, 2.05) is 38.1 Å². The number of nitrogens with zero attached hydrogens (tertiary/aromatic N) is 2. The van der Waals surface area contributed by atoms with Crippen LogP contribution in [-0.4, -0.2) is 44.8 Å². The number of anilines is 1. The average molecular weight is 528 g/mol. The topological polar surface area (TPSA) is 86.8 Å². The quantitative estimate of drug-likeness (QED) is 0.449. The first-order chi connectivity index (χ1) is 17.1. The van der Waals surface area contributed by atoms with E-state index in [2.05, 4.69) is 5.32 Å². The van der Waals surface area contributed by atoms with Crippen molar-refractivity contribution in [2.45, 2.75) is 38.3 Å². The van der Waals surface area contributed by atoms with E-state index in [-0.39, 0.29) is 28.1 Å². The van der Waals surface area contributed by atoms with Gasteiger partial charge in [0.15, 0.2) is 0 Å². The lowest BCUT2D eigenvalue weighted by Gasteiger charge is -2.32. The zero-order chi connectivity index (χ0) is 26.5. The number of likely N-dealkylation sites (N-methyl/N-ethyl adjacent to an activating group) is 1. The lowest BCUT2D eigenvalue weighted by atomic mass is 10.1. The monoisotopic (exact) mass is 527 g/mol. The van der Waals surface area contributed by atoms with Gasteiger partial charge in [0, 0.05) is 13.6 Å². The number of hydrogen-bond donors (Lipinski definition) is 1. The molecule has 0 spiro atoms. The van der Waals surface area contributed by atoms with Crippen LogP contribution in [0.15, 0.2) is 77.7 Å². The van der Waals surface area contributed by atoms with Crippen molar-refractivity contribution < 1.29 is 18.0 Å². The maximum Gasteiger partial charge on any atom is 0.264 e. The van der Waals surface area contributed by atoms with Crippen molar-refractivity contribution in [1.82, 2.24) is 10.2 Å². The van der Waals surface area contributed by atoms with Gasteiger partial charge in [0.25, 0.3) is 10.0 Å². The van der Waals surface area contributed by atoms with Crippen molar-refractivity contribution in [2.75, 3.05) is 17.9 Å². The summed E-state index contributed by atoms with van der Waals surface area (Å²) in [6, 6.07) is 19.5. The Bertz CT molecular complexity index is 1340. The lowest BCUT2D eigenvalue weighted by Crippen LogP contribution is -2.50. The minimum absolute atomic E-state index is 0.0330. The van der Waals surface area contributed by atoms with Gasteiger partial charge in [-0.05, 0) is 56.2 Å². The third-order valence-corrected chi connectivity index (χ3v) is 8.12. The van der Waals surface area contributed by atoms with E-state index >= 15 is 0 Å². The van der Waals surface area contributed by atoms with Crippen LogP contribution in [0.2, 0.25) is 5.02 Å². The Labute approximate surface area is 217 Å². The molecule has 0 radical (unpaired) electrons. The number of nitrogens with one attached hydrogen (secondary N) is 1. The molecule has 0 fully saturated rings. The predicted octanol–water partition coefficient (Wildman–Crippen LogP) is 4.32. The van der Waals surface area contributed by atoms with Crippen molar-refractivity contribution in [3.8, 4) is 0 Å². The average Bonchev–Trinajstić information content (AvgIpc) is 2.86. The molecule has 0 saturated heterocycles. The summed E-state index contributed by atoms with van der Waals surface area (Å²) in [4.78, 5) is 27.7. The summed E-state index contributed by atoms with van der Waals surface area (Å²) >= 11 is 6.39. The molecular formula is C27H30ClN3O4S. The van der Waals surface area contributed by atoms with Crippen LogP contribution in [0.5, 0.6) is 0 Å². The highest BCUT2D eigenvalue weighted by Gasteiger charge is 2.33. The first-order valence-corrected chi connectivity index (χ1v) is 13.3. The molecule has 2 amide bonds. The van der Waals surface area contributed by atoms with E-state index in [1.165, 1.54) is 24.1 Å². The molecule has 0 aliphatic heterocycles. The molecule has 36 heavy (non-hydrogen) atoms. The number of benzene rings is 3. The van der Waals surface area contributed by atoms with Gasteiger partial charge < -0.3 is 10.2 Å². The van der Waals surface area contributed by atoms with Crippen molar-refractivity contribution in [1.29, 1.82) is 0 Å². The molecule has 9 heteroatoms. The van der Waals surface area contributed by atoms with E-state index in [0.717, 1.165) is 21.0 Å². The molecule has 0 aliphatic rings. The van der Waals surface area contributed by atoms with E-state index in [1.54, 1.807) is 43.3 Å². The zero-order valence-electron chi connectivity index (χ0n) is 20.7. The largest absolute Gasteiger partial charge is 0.357 e. The number of hydrogen-bond acceptors (Lipinski definition) is 4. The maximum atomic E-state index is 13.7. The number of para-hydroxylation sites is 1. The number of sulfonamides is 1. The second-order valence-electron chi connectivity index (χ2n) is 8.51. The highest BCUT2D eigenvalue weighted by Crippen LogP contribution is 2.31. The molecule has 0 aliphatic carbocycles. The fraction of sp³-hybridized carbons (Fsp3) is 0.259. The molecule has 3 rings (SSSR count). The highest BCUT2D eigenvalue weighted by atomic mass is 35.5. The van der Waals surface area contributed by atoms with Crippen LogP contribution in [0.4, 0.5) is 5.69 Å². The standard InChI is InChI=1S/C27H30ClN3O4S/c1-19-13-15-23(16-14-19)36(34,35)31(25-12-8-7-11-24(25)28)18-26(32)30(21(3)27(33)29-4)17-22-10-6-5-9-20(22)2/h5-16,21H,17-18H2,1-4H3,(H,29,33)/t21-/m0/s1. The van der Waals surface area contributed by atoms with Gasteiger partial charge >= 0.3 is 0 Å². The summed E-state index contributed by atoms with van der Waals surface area (Å²) < 4.78 is 28.5. The zero-order valence-corrected chi connectivity index (χ0v) is 22.3. The number of carbonyl (C=O) groups is 2. The van der Waals surface area contributed by atoms with Crippen LogP contribution in [-0.2, 0) is 26.2 Å². The number of carbonyl (C=O) groups excluding carboxylic acids is 2. The Morgan fingerprint density at radius 1 is 0.944 bits per heavy atom. The van der Waals surface area contributed by atoms with Gasteiger partial charge in [-0.2, -0.15) is 0 Å². The van der Waals surface area contributed by atoms with Gasteiger partial charge in [0.2, 0.25) is 11.8 Å². The maximum absolute atomic E-state index is 13.7. The Morgan fingerprint density at radius 3 is 2.17 bits per heavy atom. The van der Waals surface area contributed by atoms with E-state index in [4.69, 9.17) is 11.6 Å². The van der Waals surface area contributed by atoms with Crippen molar-refractivity contribution in [2.24, 2.45) is 0 Å². The molecule has 0 aromatic heterocycles. The van der Waals surface area contributed by atoms with Crippen LogP contribution in [0.25, 0.3) is 0 Å². The molecule has 190 valence electrons. The van der Waals surface area contributed by atoms with Gasteiger partial charge in [0.05, 0.1) is 15.6 Å². The van der Waals surface area contributed by atoms with Crippen molar-refractivity contribution in [3.05, 3.63) is 94.5 Å². The fourth-order valence-corrected chi connectivity index (χ4v) is 5.49. The molecule has 1 N–H and O–H groups in total. The second-order valence-corrected chi connectivity index (χ2v) is 10.8.